The number of hydrogen-bond acceptors (Lipinski definition) is 6. The number of nitrogens with two attached hydrogens (primary N) is 1. The fraction of sp³-hybridized carbons (Fsp3) is 0.182. The third-order valence-corrected chi connectivity index (χ3v) is 5.49. The SMILES string of the molecule is C[C@H](N)C(=O)NCc1cccc(-n2nc(C(F)(F)F)cc2-c2nnc(-c3c(Cl)cccc3Cl)o2)c1. The second-order valence-corrected chi connectivity index (χ2v) is 8.32. The number of nitrogens with zero attached hydrogens (tertiary/aromatic N) is 4. The number of benzene rings is 2. The van der Waals surface area contributed by atoms with Crippen LogP contribution in [0.5, 0.6) is 0 Å². The van der Waals surface area contributed by atoms with Crippen molar-refractivity contribution in [2.24, 2.45) is 5.73 Å². The Morgan fingerprint density at radius 3 is 2.43 bits per heavy atom. The molecule has 0 unspecified atom stereocenters. The van der Waals surface area contributed by atoms with Crippen LogP contribution in [-0.2, 0) is 17.5 Å². The molecule has 0 fully saturated rings. The van der Waals surface area contributed by atoms with Crippen molar-refractivity contribution in [3.63, 3.8) is 0 Å². The van der Waals surface area contributed by atoms with Crippen molar-refractivity contribution < 1.29 is 22.4 Å². The first-order chi connectivity index (χ1) is 16.5. The lowest BCUT2D eigenvalue weighted by Crippen LogP contribution is -2.37. The van der Waals surface area contributed by atoms with Gasteiger partial charge in [-0.3, -0.25) is 4.79 Å². The molecule has 0 radical (unpaired) electrons. The fourth-order valence-corrected chi connectivity index (χ4v) is 3.71. The zero-order chi connectivity index (χ0) is 25.3. The van der Waals surface area contributed by atoms with Crippen LogP contribution in [0.25, 0.3) is 28.7 Å². The van der Waals surface area contributed by atoms with Gasteiger partial charge in [0.05, 0.1) is 27.3 Å². The Hall–Kier alpha value is -3.41. The Bertz CT molecular complexity index is 1360. The van der Waals surface area contributed by atoms with E-state index in [1.807, 2.05) is 0 Å². The molecule has 0 saturated heterocycles. The second-order valence-electron chi connectivity index (χ2n) is 7.51. The van der Waals surface area contributed by atoms with Gasteiger partial charge in [0.1, 0.15) is 5.69 Å². The van der Waals surface area contributed by atoms with E-state index in [9.17, 15) is 18.0 Å². The fourth-order valence-electron chi connectivity index (χ4n) is 3.15. The van der Waals surface area contributed by atoms with E-state index < -0.39 is 17.9 Å². The highest BCUT2D eigenvalue weighted by molar-refractivity contribution is 6.38. The molecule has 2 aromatic heterocycles. The maximum absolute atomic E-state index is 13.5. The summed E-state index contributed by atoms with van der Waals surface area (Å²) in [4.78, 5) is 11.8. The normalized spacial score (nSPS) is 12.5. The topological polar surface area (TPSA) is 112 Å². The van der Waals surface area contributed by atoms with E-state index in [1.54, 1.807) is 42.5 Å². The van der Waals surface area contributed by atoms with Crippen molar-refractivity contribution >= 4 is 29.1 Å². The zero-order valence-corrected chi connectivity index (χ0v) is 19.5. The van der Waals surface area contributed by atoms with Gasteiger partial charge in [0, 0.05) is 12.6 Å². The van der Waals surface area contributed by atoms with Crippen molar-refractivity contribution in [3.05, 3.63) is 69.8 Å². The Morgan fingerprint density at radius 1 is 1.11 bits per heavy atom. The Kier molecular flexibility index (Phi) is 6.84. The molecule has 1 atom stereocenters. The number of amides is 1. The van der Waals surface area contributed by atoms with Gasteiger partial charge < -0.3 is 15.5 Å². The molecule has 0 spiro atoms. The van der Waals surface area contributed by atoms with Crippen LogP contribution in [0.15, 0.2) is 52.9 Å². The van der Waals surface area contributed by atoms with Crippen LogP contribution in [0.1, 0.15) is 18.2 Å². The van der Waals surface area contributed by atoms with Crippen molar-refractivity contribution in [1.29, 1.82) is 0 Å². The number of rotatable bonds is 6. The predicted molar refractivity (Wildman–Crippen MR) is 123 cm³/mol. The highest BCUT2D eigenvalue weighted by Gasteiger charge is 2.36. The Labute approximate surface area is 206 Å². The molecule has 13 heteroatoms. The average molecular weight is 525 g/mol. The molecule has 0 saturated carbocycles. The van der Waals surface area contributed by atoms with E-state index in [-0.39, 0.29) is 51.2 Å². The lowest BCUT2D eigenvalue weighted by atomic mass is 10.2. The van der Waals surface area contributed by atoms with Gasteiger partial charge in [-0.2, -0.15) is 18.3 Å². The van der Waals surface area contributed by atoms with Gasteiger partial charge in [-0.15, -0.1) is 10.2 Å². The molecule has 0 aliphatic rings. The number of alkyl halides is 3. The summed E-state index contributed by atoms with van der Waals surface area (Å²) in [5, 5.41) is 14.6. The molecule has 0 bridgehead atoms. The maximum atomic E-state index is 13.5. The first-order valence-electron chi connectivity index (χ1n) is 10.1. The molecule has 2 aromatic carbocycles. The number of aromatic nitrogens is 4. The molecular formula is C22H17Cl2F3N6O2. The standard InChI is InChI=1S/C22H17Cl2F3N6O2/c1-11(28)19(34)29-10-12-4-2-5-13(8-12)33-16(9-17(32-33)22(25,26)27)20-30-31-21(35-20)18-14(23)6-3-7-15(18)24/h2-9,11H,10,28H2,1H3,(H,29,34)/t11-/m0/s1. The quantitative estimate of drug-likeness (QED) is 0.371. The molecule has 8 nitrogen and oxygen atoms in total. The van der Waals surface area contributed by atoms with E-state index in [2.05, 4.69) is 20.6 Å². The minimum Gasteiger partial charge on any atom is -0.414 e. The highest BCUT2D eigenvalue weighted by atomic mass is 35.5. The average Bonchev–Trinajstić information content (AvgIpc) is 3.45. The number of carbonyl (C=O) groups excluding carboxylic acids is 1. The third-order valence-electron chi connectivity index (χ3n) is 4.86. The molecular weight excluding hydrogens is 508 g/mol. The van der Waals surface area contributed by atoms with E-state index in [0.717, 1.165) is 10.7 Å². The Balaban J connectivity index is 1.76. The molecule has 35 heavy (non-hydrogen) atoms. The van der Waals surface area contributed by atoms with Crippen LogP contribution in [0.4, 0.5) is 13.2 Å². The minimum absolute atomic E-state index is 0.0655. The van der Waals surface area contributed by atoms with Crippen molar-refractivity contribution in [2.45, 2.75) is 25.7 Å². The summed E-state index contributed by atoms with van der Waals surface area (Å²) in [7, 11) is 0. The first-order valence-corrected chi connectivity index (χ1v) is 10.9. The molecule has 182 valence electrons. The number of hydrogen-bond donors (Lipinski definition) is 2. The van der Waals surface area contributed by atoms with Crippen LogP contribution in [0, 0.1) is 0 Å². The molecule has 4 aromatic rings. The van der Waals surface area contributed by atoms with E-state index in [0.29, 0.717) is 5.56 Å². The summed E-state index contributed by atoms with van der Waals surface area (Å²) >= 11 is 12.4. The summed E-state index contributed by atoms with van der Waals surface area (Å²) in [6.07, 6.45) is -4.72. The molecule has 4 rings (SSSR count). The van der Waals surface area contributed by atoms with E-state index >= 15 is 0 Å². The maximum Gasteiger partial charge on any atom is 0.435 e. The van der Waals surface area contributed by atoms with Gasteiger partial charge >= 0.3 is 6.18 Å². The van der Waals surface area contributed by atoms with Gasteiger partial charge in [0.2, 0.25) is 5.91 Å². The highest BCUT2D eigenvalue weighted by Crippen LogP contribution is 2.37. The van der Waals surface area contributed by atoms with Crippen LogP contribution >= 0.6 is 23.2 Å². The largest absolute Gasteiger partial charge is 0.435 e. The second kappa shape index (κ2) is 9.68. The van der Waals surface area contributed by atoms with Crippen LogP contribution in [0.2, 0.25) is 10.0 Å². The number of carbonyl (C=O) groups is 1. The third kappa shape index (κ3) is 5.31. The minimum atomic E-state index is -4.72. The first kappa shape index (κ1) is 24.7. The van der Waals surface area contributed by atoms with Crippen LogP contribution in [0.3, 0.4) is 0 Å². The van der Waals surface area contributed by atoms with E-state index in [4.69, 9.17) is 33.4 Å². The van der Waals surface area contributed by atoms with Gasteiger partial charge in [0.15, 0.2) is 5.69 Å². The summed E-state index contributed by atoms with van der Waals surface area (Å²) in [6, 6.07) is 11.3. The van der Waals surface area contributed by atoms with Gasteiger partial charge in [0.25, 0.3) is 11.8 Å². The number of nitrogens with one attached hydrogen (secondary N) is 1. The summed E-state index contributed by atoms with van der Waals surface area (Å²) in [5.41, 5.74) is 5.43. The van der Waals surface area contributed by atoms with Crippen molar-refractivity contribution in [1.82, 2.24) is 25.3 Å². The van der Waals surface area contributed by atoms with Crippen molar-refractivity contribution in [3.8, 4) is 28.7 Å². The summed E-state index contributed by atoms with van der Waals surface area (Å²) < 4.78 is 47.2. The van der Waals surface area contributed by atoms with Gasteiger partial charge in [-0.1, -0.05) is 41.4 Å². The van der Waals surface area contributed by atoms with Gasteiger partial charge in [-0.25, -0.2) is 4.68 Å². The van der Waals surface area contributed by atoms with Crippen molar-refractivity contribution in [2.75, 3.05) is 0 Å². The predicted octanol–water partition coefficient (Wildman–Crippen LogP) is 4.88. The summed E-state index contributed by atoms with van der Waals surface area (Å²) in [5.74, 6) is -0.662. The zero-order valence-electron chi connectivity index (χ0n) is 18.0. The summed E-state index contributed by atoms with van der Waals surface area (Å²) in [6.45, 7) is 1.65. The molecule has 3 N–H and O–H groups in total. The Morgan fingerprint density at radius 2 is 1.77 bits per heavy atom. The molecule has 2 heterocycles. The van der Waals surface area contributed by atoms with Crippen LogP contribution < -0.4 is 11.1 Å². The molecule has 0 aliphatic heterocycles. The monoisotopic (exact) mass is 524 g/mol. The molecule has 1 amide bonds. The number of halogens is 5. The lowest BCUT2D eigenvalue weighted by molar-refractivity contribution is -0.141. The van der Waals surface area contributed by atoms with E-state index in [1.165, 1.54) is 6.92 Å². The van der Waals surface area contributed by atoms with Crippen LogP contribution in [-0.4, -0.2) is 31.9 Å². The lowest BCUT2D eigenvalue weighted by Gasteiger charge is -2.10. The smallest absolute Gasteiger partial charge is 0.414 e. The van der Waals surface area contributed by atoms with Gasteiger partial charge in [-0.05, 0) is 36.8 Å². The molecule has 0 aliphatic carbocycles.